The minimum absolute atomic E-state index is 0.0282. The maximum Gasteiger partial charge on any atom is 0.354 e. The Labute approximate surface area is 222 Å². The standard InChI is InChI=1S/C19H17N5O5.C8H10FN/c1-9-10-5-6-13(12(10)4-3-11(9)18(28)29-2)21-16(25)15-7-14(17(26)27)22-19-23-20-8-24(15)19;1-6-4-7(5-10)2-3-8(6)9/h3-4,7-8,13H,5-6H2,1-2H3,(H,21,25)(H,26,27);2-4H,5,10H2,1H3/t13-;/m0./s1. The van der Waals surface area contributed by atoms with E-state index in [1.165, 1.54) is 30.0 Å². The highest BCUT2D eigenvalue weighted by Gasteiger charge is 2.29. The Bertz CT molecular complexity index is 1580. The molecule has 0 saturated carbocycles. The molecule has 0 unspecified atom stereocenters. The summed E-state index contributed by atoms with van der Waals surface area (Å²) >= 11 is 0. The zero-order valence-electron chi connectivity index (χ0n) is 21.6. The number of esters is 1. The first-order valence-electron chi connectivity index (χ1n) is 12.0. The van der Waals surface area contributed by atoms with Gasteiger partial charge in [0.1, 0.15) is 17.8 Å². The van der Waals surface area contributed by atoms with E-state index in [4.69, 9.17) is 10.5 Å². The van der Waals surface area contributed by atoms with Crippen LogP contribution in [-0.2, 0) is 17.7 Å². The van der Waals surface area contributed by atoms with Crippen molar-refractivity contribution in [3.63, 3.8) is 0 Å². The van der Waals surface area contributed by atoms with Gasteiger partial charge in [-0.25, -0.2) is 19.0 Å². The third kappa shape index (κ3) is 5.60. The Morgan fingerprint density at radius 3 is 2.64 bits per heavy atom. The maximum atomic E-state index is 12.9. The zero-order chi connectivity index (χ0) is 28.3. The lowest BCUT2D eigenvalue weighted by Crippen LogP contribution is -2.29. The number of ether oxygens (including phenoxy) is 1. The Morgan fingerprint density at radius 1 is 1.21 bits per heavy atom. The van der Waals surface area contributed by atoms with Crippen molar-refractivity contribution >= 4 is 23.6 Å². The van der Waals surface area contributed by atoms with Gasteiger partial charge < -0.3 is 20.9 Å². The molecule has 1 amide bonds. The molecule has 4 N–H and O–H groups in total. The van der Waals surface area contributed by atoms with Gasteiger partial charge in [-0.3, -0.25) is 9.20 Å². The molecule has 1 aliphatic carbocycles. The highest BCUT2D eigenvalue weighted by atomic mass is 19.1. The van der Waals surface area contributed by atoms with E-state index in [0.717, 1.165) is 22.3 Å². The molecular formula is C27H27FN6O5. The van der Waals surface area contributed by atoms with Crippen LogP contribution in [0.4, 0.5) is 4.39 Å². The summed E-state index contributed by atoms with van der Waals surface area (Å²) in [5.74, 6) is -2.27. The lowest BCUT2D eigenvalue weighted by Gasteiger charge is -2.16. The molecule has 39 heavy (non-hydrogen) atoms. The van der Waals surface area contributed by atoms with Crippen molar-refractivity contribution in [2.45, 2.75) is 39.3 Å². The van der Waals surface area contributed by atoms with Gasteiger partial charge in [0.25, 0.3) is 11.7 Å². The molecule has 0 spiro atoms. The monoisotopic (exact) mass is 534 g/mol. The molecule has 0 fully saturated rings. The number of hydrogen-bond acceptors (Lipinski definition) is 8. The molecule has 0 saturated heterocycles. The number of nitrogens with two attached hydrogens (primary N) is 1. The molecule has 0 aliphatic heterocycles. The second-order valence-corrected chi connectivity index (χ2v) is 8.98. The topological polar surface area (TPSA) is 162 Å². The average molecular weight is 535 g/mol. The van der Waals surface area contributed by atoms with Crippen LogP contribution in [0, 0.1) is 19.7 Å². The summed E-state index contributed by atoms with van der Waals surface area (Å²) in [5.41, 5.74) is 10.0. The Kier molecular flexibility index (Phi) is 7.96. The third-order valence-corrected chi connectivity index (χ3v) is 6.60. The number of aromatic carboxylic acids is 1. The summed E-state index contributed by atoms with van der Waals surface area (Å²) in [6.45, 7) is 4.06. The highest BCUT2D eigenvalue weighted by molar-refractivity contribution is 5.96. The van der Waals surface area contributed by atoms with Gasteiger partial charge in [0.2, 0.25) is 0 Å². The van der Waals surface area contributed by atoms with E-state index in [0.29, 0.717) is 30.5 Å². The number of benzene rings is 2. The van der Waals surface area contributed by atoms with Crippen LogP contribution < -0.4 is 11.1 Å². The maximum absolute atomic E-state index is 12.9. The molecule has 1 atom stereocenters. The van der Waals surface area contributed by atoms with Gasteiger partial charge in [0.05, 0.1) is 18.7 Å². The summed E-state index contributed by atoms with van der Waals surface area (Å²) in [5, 5.41) is 19.6. The van der Waals surface area contributed by atoms with Gasteiger partial charge in [-0.15, -0.1) is 10.2 Å². The van der Waals surface area contributed by atoms with Crippen molar-refractivity contribution in [1.82, 2.24) is 24.9 Å². The van der Waals surface area contributed by atoms with E-state index >= 15 is 0 Å². The number of aromatic nitrogens is 4. The van der Waals surface area contributed by atoms with Crippen molar-refractivity contribution in [3.05, 3.63) is 93.3 Å². The van der Waals surface area contributed by atoms with E-state index in [1.807, 2.05) is 13.0 Å². The minimum Gasteiger partial charge on any atom is -0.477 e. The number of fused-ring (bicyclic) bond motifs is 2. The molecule has 12 heteroatoms. The van der Waals surface area contributed by atoms with Crippen LogP contribution in [0.3, 0.4) is 0 Å². The predicted molar refractivity (Wildman–Crippen MR) is 138 cm³/mol. The predicted octanol–water partition coefficient (Wildman–Crippen LogP) is 2.93. The first-order chi connectivity index (χ1) is 18.6. The molecule has 2 aromatic heterocycles. The van der Waals surface area contributed by atoms with Gasteiger partial charge >= 0.3 is 11.9 Å². The summed E-state index contributed by atoms with van der Waals surface area (Å²) in [6, 6.07) is 9.33. The number of aryl methyl sites for hydroxylation is 1. The minimum atomic E-state index is -1.26. The number of carbonyl (C=O) groups is 3. The molecule has 0 bridgehead atoms. The van der Waals surface area contributed by atoms with Gasteiger partial charge in [-0.2, -0.15) is 0 Å². The van der Waals surface area contributed by atoms with Crippen LogP contribution in [0.2, 0.25) is 0 Å². The fraction of sp³-hybridized carbons (Fsp3) is 0.259. The Hall–Kier alpha value is -4.71. The molecule has 2 heterocycles. The molecule has 4 aromatic rings. The Balaban J connectivity index is 0.000000298. The van der Waals surface area contributed by atoms with Crippen LogP contribution in [0.5, 0.6) is 0 Å². The van der Waals surface area contributed by atoms with Crippen LogP contribution in [0.25, 0.3) is 5.78 Å². The fourth-order valence-electron chi connectivity index (χ4n) is 4.53. The van der Waals surface area contributed by atoms with Crippen molar-refractivity contribution in [3.8, 4) is 0 Å². The molecular weight excluding hydrogens is 507 g/mol. The van der Waals surface area contributed by atoms with E-state index < -0.39 is 17.8 Å². The van der Waals surface area contributed by atoms with Crippen LogP contribution >= 0.6 is 0 Å². The normalized spacial score (nSPS) is 13.8. The summed E-state index contributed by atoms with van der Waals surface area (Å²) in [6.07, 6.45) is 2.67. The Morgan fingerprint density at radius 2 is 1.97 bits per heavy atom. The van der Waals surface area contributed by atoms with Gasteiger partial charge in [-0.1, -0.05) is 18.2 Å². The quantitative estimate of drug-likeness (QED) is 0.327. The SMILES string of the molecule is COC(=O)c1ccc2c(c1C)CC[C@@H]2NC(=O)c1cc(C(=O)O)nc2nncn12.Cc1cc(CN)ccc1F. The van der Waals surface area contributed by atoms with Crippen LogP contribution in [-0.4, -0.2) is 49.6 Å². The van der Waals surface area contributed by atoms with E-state index in [1.54, 1.807) is 25.1 Å². The number of rotatable bonds is 5. The summed E-state index contributed by atoms with van der Waals surface area (Å²) in [4.78, 5) is 40.0. The van der Waals surface area contributed by atoms with E-state index in [-0.39, 0.29) is 29.0 Å². The fourth-order valence-corrected chi connectivity index (χ4v) is 4.53. The number of carboxylic acid groups (broad SMARTS) is 1. The van der Waals surface area contributed by atoms with Crippen molar-refractivity contribution < 1.29 is 28.6 Å². The molecule has 1 aliphatic rings. The molecule has 5 rings (SSSR count). The van der Waals surface area contributed by atoms with E-state index in [9.17, 15) is 23.9 Å². The smallest absolute Gasteiger partial charge is 0.354 e. The van der Waals surface area contributed by atoms with Crippen molar-refractivity contribution in [2.24, 2.45) is 5.73 Å². The van der Waals surface area contributed by atoms with Gasteiger partial charge in [0.15, 0.2) is 5.69 Å². The van der Waals surface area contributed by atoms with Crippen molar-refractivity contribution in [1.29, 1.82) is 0 Å². The number of halogens is 1. The lowest BCUT2D eigenvalue weighted by atomic mass is 9.98. The summed E-state index contributed by atoms with van der Waals surface area (Å²) < 4.78 is 18.7. The number of carboxylic acids is 1. The van der Waals surface area contributed by atoms with Crippen LogP contribution in [0.1, 0.15) is 71.6 Å². The third-order valence-electron chi connectivity index (χ3n) is 6.60. The van der Waals surface area contributed by atoms with Gasteiger partial charge in [0, 0.05) is 12.6 Å². The average Bonchev–Trinajstić information content (AvgIpc) is 3.57. The van der Waals surface area contributed by atoms with Gasteiger partial charge in [-0.05, 0) is 66.6 Å². The number of hydrogen-bond donors (Lipinski definition) is 3. The second-order valence-electron chi connectivity index (χ2n) is 8.98. The number of methoxy groups -OCH3 is 1. The molecule has 202 valence electrons. The molecule has 2 aromatic carbocycles. The van der Waals surface area contributed by atoms with E-state index in [2.05, 4.69) is 20.5 Å². The molecule has 0 radical (unpaired) electrons. The number of amides is 1. The van der Waals surface area contributed by atoms with Crippen LogP contribution in [0.15, 0.2) is 42.7 Å². The number of carbonyl (C=O) groups excluding carboxylic acids is 2. The lowest BCUT2D eigenvalue weighted by molar-refractivity contribution is 0.0598. The first kappa shape index (κ1) is 27.3. The largest absolute Gasteiger partial charge is 0.477 e. The number of nitrogens with one attached hydrogen (secondary N) is 1. The zero-order valence-corrected chi connectivity index (χ0v) is 21.6. The molecule has 11 nitrogen and oxygen atoms in total. The van der Waals surface area contributed by atoms with Crippen molar-refractivity contribution in [2.75, 3.05) is 7.11 Å². The first-order valence-corrected chi connectivity index (χ1v) is 12.0. The number of nitrogens with zero attached hydrogens (tertiary/aromatic N) is 4. The summed E-state index contributed by atoms with van der Waals surface area (Å²) in [7, 11) is 1.34. The highest BCUT2D eigenvalue weighted by Crippen LogP contribution is 2.35. The second kappa shape index (κ2) is 11.4.